The second kappa shape index (κ2) is 4.04. The van der Waals surface area contributed by atoms with Crippen LogP contribution in [0, 0.1) is 0 Å². The number of hydrogen-bond donors (Lipinski definition) is 0. The monoisotopic (exact) mass is 243 g/mol. The van der Waals surface area contributed by atoms with Gasteiger partial charge >= 0.3 is 0 Å². The molecule has 1 fully saturated rings. The minimum absolute atomic E-state index is 0.176. The van der Waals surface area contributed by atoms with E-state index in [0.29, 0.717) is 0 Å². The summed E-state index contributed by atoms with van der Waals surface area (Å²) in [4.78, 5) is 2.42. The second-order valence-electron chi connectivity index (χ2n) is 5.67. The van der Waals surface area contributed by atoms with Gasteiger partial charge in [0.15, 0.2) is 0 Å². The van der Waals surface area contributed by atoms with E-state index in [2.05, 4.69) is 43.1 Å². The average molecular weight is 243 g/mol. The summed E-state index contributed by atoms with van der Waals surface area (Å²) in [6.07, 6.45) is 5.97. The quantitative estimate of drug-likeness (QED) is 0.751. The van der Waals surface area contributed by atoms with Crippen molar-refractivity contribution < 1.29 is 4.74 Å². The van der Waals surface area contributed by atoms with Crippen LogP contribution in [0.3, 0.4) is 0 Å². The molecule has 3 rings (SSSR count). The highest BCUT2D eigenvalue weighted by Crippen LogP contribution is 2.46. The molecular formula is C16H21NO. The Bertz CT molecular complexity index is 506. The van der Waals surface area contributed by atoms with E-state index in [1.165, 1.54) is 36.2 Å². The van der Waals surface area contributed by atoms with Crippen molar-refractivity contribution in [2.24, 2.45) is 0 Å². The van der Waals surface area contributed by atoms with Gasteiger partial charge in [0.05, 0.1) is 7.11 Å². The van der Waals surface area contributed by atoms with E-state index in [-0.39, 0.29) is 5.41 Å². The molecule has 1 aromatic rings. The first-order valence-electron chi connectivity index (χ1n) is 6.74. The molecule has 1 saturated heterocycles. The van der Waals surface area contributed by atoms with Gasteiger partial charge in [0.1, 0.15) is 5.75 Å². The van der Waals surface area contributed by atoms with Crippen LogP contribution < -0.4 is 4.74 Å². The van der Waals surface area contributed by atoms with Crippen molar-refractivity contribution in [3.63, 3.8) is 0 Å². The smallest absolute Gasteiger partial charge is 0.119 e. The number of piperidine rings is 1. The van der Waals surface area contributed by atoms with Crippen LogP contribution in [-0.4, -0.2) is 25.6 Å². The third kappa shape index (κ3) is 1.55. The Balaban J connectivity index is 2.13. The number of rotatable bonds is 1. The molecule has 0 spiro atoms. The molecule has 1 atom stereocenters. The van der Waals surface area contributed by atoms with Crippen LogP contribution in [0.25, 0.3) is 0 Å². The minimum atomic E-state index is 0.176. The maximum atomic E-state index is 5.40. The van der Waals surface area contributed by atoms with Crippen molar-refractivity contribution in [3.8, 4) is 5.75 Å². The minimum Gasteiger partial charge on any atom is -0.497 e. The summed E-state index contributed by atoms with van der Waals surface area (Å²) < 4.78 is 5.40. The Hall–Kier alpha value is -1.44. The molecule has 0 aromatic heterocycles. The molecule has 18 heavy (non-hydrogen) atoms. The molecule has 0 N–H and O–H groups in total. The van der Waals surface area contributed by atoms with Gasteiger partial charge in [-0.2, -0.15) is 0 Å². The van der Waals surface area contributed by atoms with Gasteiger partial charge in [-0.1, -0.05) is 12.1 Å². The van der Waals surface area contributed by atoms with Crippen molar-refractivity contribution >= 4 is 0 Å². The van der Waals surface area contributed by atoms with Gasteiger partial charge in [-0.15, -0.1) is 0 Å². The lowest BCUT2D eigenvalue weighted by Gasteiger charge is -2.46. The lowest BCUT2D eigenvalue weighted by molar-refractivity contribution is 0.253. The summed E-state index contributed by atoms with van der Waals surface area (Å²) in [5, 5.41) is 0. The van der Waals surface area contributed by atoms with Gasteiger partial charge in [-0.25, -0.2) is 0 Å². The molecular weight excluding hydrogens is 222 g/mol. The third-order valence-electron chi connectivity index (χ3n) is 4.57. The summed E-state index contributed by atoms with van der Waals surface area (Å²) in [5.41, 5.74) is 4.59. The van der Waals surface area contributed by atoms with Crippen molar-refractivity contribution in [1.29, 1.82) is 0 Å². The Morgan fingerprint density at radius 1 is 1.33 bits per heavy atom. The van der Waals surface area contributed by atoms with Gasteiger partial charge in [-0.3, -0.25) is 0 Å². The zero-order valence-electron chi connectivity index (χ0n) is 11.5. The van der Waals surface area contributed by atoms with Crippen molar-refractivity contribution in [2.75, 3.05) is 20.7 Å². The maximum Gasteiger partial charge on any atom is 0.119 e. The third-order valence-corrected chi connectivity index (χ3v) is 4.57. The number of likely N-dealkylation sites (tertiary alicyclic amines) is 1. The maximum absolute atomic E-state index is 5.40. The number of benzene rings is 1. The molecule has 96 valence electrons. The van der Waals surface area contributed by atoms with Crippen molar-refractivity contribution in [3.05, 3.63) is 41.1 Å². The van der Waals surface area contributed by atoms with Gasteiger partial charge in [0.25, 0.3) is 0 Å². The first kappa shape index (κ1) is 11.6. The first-order chi connectivity index (χ1) is 8.65. The number of likely N-dealkylation sites (N-methyl/N-ethyl adjacent to an activating group) is 1. The molecule has 0 radical (unpaired) electrons. The van der Waals surface area contributed by atoms with E-state index >= 15 is 0 Å². The predicted molar refractivity (Wildman–Crippen MR) is 74.0 cm³/mol. The zero-order chi connectivity index (χ0) is 12.8. The topological polar surface area (TPSA) is 12.5 Å². The van der Waals surface area contributed by atoms with E-state index in [1.807, 2.05) is 0 Å². The molecule has 2 aliphatic rings. The predicted octanol–water partition coefficient (Wildman–Crippen LogP) is 3.12. The summed E-state index contributed by atoms with van der Waals surface area (Å²) in [6.45, 7) is 3.56. The Labute approximate surface area is 109 Å². The second-order valence-corrected chi connectivity index (χ2v) is 5.67. The van der Waals surface area contributed by atoms with E-state index in [9.17, 15) is 0 Å². The number of methoxy groups -OCH3 is 1. The molecule has 0 bridgehead atoms. The highest BCUT2D eigenvalue weighted by molar-refractivity contribution is 5.49. The largest absolute Gasteiger partial charge is 0.497 e. The molecule has 2 nitrogen and oxygen atoms in total. The number of fused-ring (bicyclic) bond motifs is 3. The highest BCUT2D eigenvalue weighted by atomic mass is 16.5. The lowest BCUT2D eigenvalue weighted by atomic mass is 9.68. The van der Waals surface area contributed by atoms with Crippen LogP contribution in [0.15, 0.2) is 30.0 Å². The van der Waals surface area contributed by atoms with Gasteiger partial charge in [-0.05, 0) is 49.4 Å². The fraction of sp³-hybridized carbons (Fsp3) is 0.500. The molecule has 1 aliphatic carbocycles. The van der Waals surface area contributed by atoms with Crippen molar-refractivity contribution in [2.45, 2.75) is 31.6 Å². The van der Waals surface area contributed by atoms with E-state index in [0.717, 1.165) is 12.2 Å². The summed E-state index contributed by atoms with van der Waals surface area (Å²) in [6, 6.07) is 6.54. The summed E-state index contributed by atoms with van der Waals surface area (Å²) in [5.74, 6) is 0.976. The van der Waals surface area contributed by atoms with E-state index in [4.69, 9.17) is 4.74 Å². The SMILES string of the molecule is COc1ccc2c(c1)[C@@]1(C)CCCN(C)C1=CC2. The van der Waals surface area contributed by atoms with Gasteiger partial charge in [0, 0.05) is 24.7 Å². The van der Waals surface area contributed by atoms with Crippen LogP contribution in [0.5, 0.6) is 5.75 Å². The number of hydrogen-bond acceptors (Lipinski definition) is 2. The molecule has 1 aromatic carbocycles. The normalized spacial score (nSPS) is 26.2. The van der Waals surface area contributed by atoms with Gasteiger partial charge in [0.2, 0.25) is 0 Å². The van der Waals surface area contributed by atoms with Crippen LogP contribution in [0.4, 0.5) is 0 Å². The summed E-state index contributed by atoms with van der Waals surface area (Å²) >= 11 is 0. The van der Waals surface area contributed by atoms with Crippen molar-refractivity contribution in [1.82, 2.24) is 4.90 Å². The standard InChI is InChI=1S/C16H21NO/c1-16-9-4-10-17(2)15(16)8-6-12-5-7-13(18-3)11-14(12)16/h5,7-8,11H,4,6,9-10H2,1-3H3/t16-/m1/s1. The molecule has 1 heterocycles. The number of ether oxygens (including phenoxy) is 1. The lowest BCUT2D eigenvalue weighted by Crippen LogP contribution is -2.42. The molecule has 0 saturated carbocycles. The highest BCUT2D eigenvalue weighted by Gasteiger charge is 2.39. The molecule has 0 amide bonds. The fourth-order valence-electron chi connectivity index (χ4n) is 3.57. The van der Waals surface area contributed by atoms with Crippen LogP contribution in [0.2, 0.25) is 0 Å². The first-order valence-corrected chi connectivity index (χ1v) is 6.74. The summed E-state index contributed by atoms with van der Waals surface area (Å²) in [7, 11) is 3.96. The average Bonchev–Trinajstić information content (AvgIpc) is 2.38. The van der Waals surface area contributed by atoms with Crippen LogP contribution in [-0.2, 0) is 11.8 Å². The number of allylic oxidation sites excluding steroid dienone is 2. The Morgan fingerprint density at radius 2 is 2.17 bits per heavy atom. The van der Waals surface area contributed by atoms with Crippen LogP contribution in [0.1, 0.15) is 30.9 Å². The zero-order valence-corrected chi connectivity index (χ0v) is 11.5. The molecule has 2 heteroatoms. The number of nitrogens with zero attached hydrogens (tertiary/aromatic N) is 1. The van der Waals surface area contributed by atoms with Crippen LogP contribution >= 0.6 is 0 Å². The van der Waals surface area contributed by atoms with Gasteiger partial charge < -0.3 is 9.64 Å². The Morgan fingerprint density at radius 3 is 2.94 bits per heavy atom. The Kier molecular flexibility index (Phi) is 2.61. The molecule has 0 unspecified atom stereocenters. The van der Waals surface area contributed by atoms with E-state index < -0.39 is 0 Å². The van der Waals surface area contributed by atoms with E-state index in [1.54, 1.807) is 7.11 Å². The molecule has 1 aliphatic heterocycles. The fourth-order valence-corrected chi connectivity index (χ4v) is 3.57.